The Labute approximate surface area is 425 Å². The third-order valence-electron chi connectivity index (χ3n) is 13.8. The summed E-state index contributed by atoms with van der Waals surface area (Å²) in [4.78, 5) is 94.8. The molecule has 4 N–H and O–H groups in total. The van der Waals surface area contributed by atoms with Crippen molar-refractivity contribution in [2.75, 3.05) is 41.4 Å². The van der Waals surface area contributed by atoms with Gasteiger partial charge in [0.25, 0.3) is 0 Å². The van der Waals surface area contributed by atoms with Crippen molar-refractivity contribution in [3.8, 4) is 0 Å². The highest BCUT2D eigenvalue weighted by Crippen LogP contribution is 2.31. The number of nitrogens with one attached hydrogen (secondary N) is 1. The summed E-state index contributed by atoms with van der Waals surface area (Å²) in [5.74, 6) is -1.35. The zero-order valence-electron chi connectivity index (χ0n) is 45.2. The number of methoxy groups -OCH3 is 2. The van der Waals surface area contributed by atoms with Crippen LogP contribution in [0.2, 0.25) is 0 Å². The monoisotopic (exact) mass is 1000 g/mol. The highest BCUT2D eigenvalue weighted by Gasteiger charge is 2.43. The summed E-state index contributed by atoms with van der Waals surface area (Å²) in [6, 6.07) is -1.71. The molecule has 0 saturated carbocycles. The summed E-state index contributed by atoms with van der Waals surface area (Å²) in [5, 5.41) is 13.7. The van der Waals surface area contributed by atoms with E-state index in [1.165, 1.54) is 15.9 Å². The molecule has 0 aromatic rings. The maximum absolute atomic E-state index is 13.8. The molecule has 400 valence electrons. The summed E-state index contributed by atoms with van der Waals surface area (Å²) in [5.41, 5.74) is 5.95. The zero-order valence-corrected chi connectivity index (χ0v) is 46.1. The number of rotatable bonds is 30. The number of primary amides is 1. The van der Waals surface area contributed by atoms with Crippen molar-refractivity contribution in [3.63, 3.8) is 0 Å². The van der Waals surface area contributed by atoms with Crippen LogP contribution in [0.1, 0.15) is 140 Å². The first kappa shape index (κ1) is 64.0. The van der Waals surface area contributed by atoms with Crippen LogP contribution in [0.15, 0.2) is 37.0 Å². The first-order valence-electron chi connectivity index (χ1n) is 25.5. The second-order valence-corrected chi connectivity index (χ2v) is 21.6. The molecule has 11 unspecified atom stereocenters. The lowest BCUT2D eigenvalue weighted by Gasteiger charge is -2.39. The number of carbonyl (C=O) groups excluding carboxylic acids is 7. The number of likely N-dealkylation sites (tertiary alicyclic amines) is 2. The van der Waals surface area contributed by atoms with Crippen LogP contribution in [0.4, 0.5) is 0 Å². The molecule has 7 amide bonds. The standard InChI is InChI=1S/C33H57N3O6.C20H35N3O4S/c1-12-16-25(14-3)31(39)24(8)34-33(40)23(7)32(42-11)26-17-15-18-36(26)29(38)20-27(41-10)30(22(6)13-2)35(9)28(37)19-21(4)5;1-6-14(4)28-15-12-17(25)23(20(15)27)11-9-7-8-10-16(24)22(5)18(13(2)3)19(21)26/h12,14,16,21-24,26-27,30-32,39H,1,3,13,15,17-20H2,2,4-11H3,(H,34,40);13-15,18H,6-12H2,1-5H3,(H2,21,26)/b25-16+;. The van der Waals surface area contributed by atoms with E-state index >= 15 is 0 Å². The first-order valence-corrected chi connectivity index (χ1v) is 26.4. The van der Waals surface area contributed by atoms with Crippen molar-refractivity contribution in [2.24, 2.45) is 29.4 Å². The van der Waals surface area contributed by atoms with Gasteiger partial charge in [-0.25, -0.2) is 0 Å². The fourth-order valence-electron chi connectivity index (χ4n) is 9.36. The number of imide groups is 1. The van der Waals surface area contributed by atoms with E-state index in [9.17, 15) is 38.7 Å². The number of carbonyl (C=O) groups is 7. The Morgan fingerprint density at radius 3 is 2.07 bits per heavy atom. The average Bonchev–Trinajstić information content (AvgIpc) is 3.89. The van der Waals surface area contributed by atoms with Crippen molar-refractivity contribution >= 4 is 53.1 Å². The lowest BCUT2D eigenvalue weighted by atomic mass is 9.90. The minimum Gasteiger partial charge on any atom is -0.386 e. The summed E-state index contributed by atoms with van der Waals surface area (Å²) < 4.78 is 11.7. The number of nitrogens with two attached hydrogens (primary N) is 1. The van der Waals surface area contributed by atoms with Crippen LogP contribution in [0, 0.1) is 23.7 Å². The molecule has 2 aliphatic heterocycles. The van der Waals surface area contributed by atoms with Gasteiger partial charge < -0.3 is 40.3 Å². The van der Waals surface area contributed by atoms with E-state index in [2.05, 4.69) is 46.2 Å². The molecule has 11 atom stereocenters. The topological polar surface area (TPSA) is 209 Å². The Kier molecular flexibility index (Phi) is 29.3. The predicted octanol–water partition coefficient (Wildman–Crippen LogP) is 6.29. The van der Waals surface area contributed by atoms with Crippen LogP contribution >= 0.6 is 11.8 Å². The number of aliphatic hydroxyl groups is 1. The van der Waals surface area contributed by atoms with Gasteiger partial charge in [0.1, 0.15) is 6.04 Å². The van der Waals surface area contributed by atoms with Gasteiger partial charge in [0.05, 0.1) is 54.0 Å². The van der Waals surface area contributed by atoms with E-state index in [0.29, 0.717) is 62.4 Å². The third kappa shape index (κ3) is 19.2. The first-order chi connectivity index (χ1) is 32.9. The van der Waals surface area contributed by atoms with Crippen molar-refractivity contribution in [1.82, 2.24) is 24.9 Å². The molecule has 17 heteroatoms. The quantitative estimate of drug-likeness (QED) is 0.0414. The molecule has 2 fully saturated rings. The second kappa shape index (κ2) is 32.1. The van der Waals surface area contributed by atoms with Crippen LogP contribution < -0.4 is 11.1 Å². The van der Waals surface area contributed by atoms with Crippen LogP contribution in [0.3, 0.4) is 0 Å². The molecule has 2 heterocycles. The Hall–Kier alpha value is -4.06. The number of ether oxygens (including phenoxy) is 2. The van der Waals surface area contributed by atoms with E-state index in [4.69, 9.17) is 15.2 Å². The molecular weight excluding hydrogens is 913 g/mol. The molecule has 2 rings (SSSR count). The zero-order chi connectivity index (χ0) is 53.6. The number of nitrogens with zero attached hydrogens (tertiary/aromatic N) is 4. The number of allylic oxidation sites excluding steroid dienone is 2. The van der Waals surface area contributed by atoms with E-state index < -0.39 is 42.2 Å². The third-order valence-corrected chi connectivity index (χ3v) is 15.3. The van der Waals surface area contributed by atoms with Gasteiger partial charge in [0.15, 0.2) is 0 Å². The molecule has 2 saturated heterocycles. The number of thioether (sulfide) groups is 1. The molecule has 2 aliphatic rings. The van der Waals surface area contributed by atoms with Crippen LogP contribution in [0.25, 0.3) is 0 Å². The summed E-state index contributed by atoms with van der Waals surface area (Å²) >= 11 is 1.58. The van der Waals surface area contributed by atoms with Crippen LogP contribution in [-0.4, -0.2) is 160 Å². The summed E-state index contributed by atoms with van der Waals surface area (Å²) in [6.07, 6.45) is 9.36. The largest absolute Gasteiger partial charge is 0.386 e. The average molecular weight is 1010 g/mol. The van der Waals surface area contributed by atoms with Gasteiger partial charge >= 0.3 is 0 Å². The number of unbranched alkanes of at least 4 members (excludes halogenated alkanes) is 2. The van der Waals surface area contributed by atoms with Gasteiger partial charge in [-0.3, -0.25) is 38.5 Å². The Morgan fingerprint density at radius 1 is 0.914 bits per heavy atom. The molecule has 0 aliphatic carbocycles. The highest BCUT2D eigenvalue weighted by molar-refractivity contribution is 8.01. The van der Waals surface area contributed by atoms with Gasteiger partial charge in [0.2, 0.25) is 41.4 Å². The molecule has 0 radical (unpaired) electrons. The number of hydrogen-bond acceptors (Lipinski definition) is 11. The lowest BCUT2D eigenvalue weighted by molar-refractivity contribution is -0.146. The van der Waals surface area contributed by atoms with Crippen LogP contribution in [-0.2, 0) is 43.0 Å². The molecule has 16 nitrogen and oxygen atoms in total. The Morgan fingerprint density at radius 2 is 1.56 bits per heavy atom. The van der Waals surface area contributed by atoms with E-state index in [1.54, 1.807) is 71.0 Å². The number of amides is 7. The van der Waals surface area contributed by atoms with Gasteiger partial charge in [-0.05, 0) is 62.4 Å². The molecular formula is C53H92N6O10S. The number of likely N-dealkylation sites (N-methyl/N-ethyl adjacent to an activating group) is 2. The van der Waals surface area contributed by atoms with E-state index in [0.717, 1.165) is 25.7 Å². The van der Waals surface area contributed by atoms with Crippen molar-refractivity contribution in [1.29, 1.82) is 0 Å². The minimum absolute atomic E-state index is 0.0418. The Balaban J connectivity index is 0.000000758. The molecule has 0 aromatic heterocycles. The smallest absolute Gasteiger partial charge is 0.242 e. The lowest BCUT2D eigenvalue weighted by Crippen LogP contribution is -2.54. The SMILES string of the molecule is C=C/C=C(\C=C)C(O)C(C)NC(=O)C(C)C(OC)C1CCCN1C(=O)CC(OC)C(C(C)CC)N(C)C(=O)CC(C)C.CCC(C)SC1CC(=O)N(CCCCCC(=O)N(C)C(C(N)=O)C(C)C)C1=O. The van der Waals surface area contributed by atoms with Gasteiger partial charge in [-0.2, -0.15) is 0 Å². The van der Waals surface area contributed by atoms with E-state index in [-0.39, 0.29) is 77.0 Å². The number of hydrogen-bond donors (Lipinski definition) is 3. The van der Waals surface area contributed by atoms with Crippen molar-refractivity contribution in [2.45, 2.75) is 193 Å². The fraction of sp³-hybridized carbons (Fsp3) is 0.755. The van der Waals surface area contributed by atoms with Crippen LogP contribution in [0.5, 0.6) is 0 Å². The normalized spacial score (nSPS) is 20.1. The molecule has 0 spiro atoms. The Bertz CT molecular complexity index is 1760. The van der Waals surface area contributed by atoms with Gasteiger partial charge in [-0.1, -0.05) is 107 Å². The summed E-state index contributed by atoms with van der Waals surface area (Å²) in [6.45, 7) is 27.9. The van der Waals surface area contributed by atoms with Gasteiger partial charge in [0, 0.05) is 65.9 Å². The fourth-order valence-corrected chi connectivity index (χ4v) is 10.6. The second-order valence-electron chi connectivity index (χ2n) is 19.9. The van der Waals surface area contributed by atoms with E-state index in [1.807, 2.05) is 32.6 Å². The minimum atomic E-state index is -0.947. The highest BCUT2D eigenvalue weighted by atomic mass is 32.2. The maximum atomic E-state index is 13.8. The van der Waals surface area contributed by atoms with Gasteiger partial charge in [-0.15, -0.1) is 11.8 Å². The number of aliphatic hydroxyl groups excluding tert-OH is 1. The predicted molar refractivity (Wildman–Crippen MR) is 279 cm³/mol. The molecule has 70 heavy (non-hydrogen) atoms. The van der Waals surface area contributed by atoms with Crippen molar-refractivity contribution < 1.29 is 48.1 Å². The molecule has 0 aromatic carbocycles. The van der Waals surface area contributed by atoms with Crippen molar-refractivity contribution in [3.05, 3.63) is 37.0 Å². The maximum Gasteiger partial charge on any atom is 0.242 e. The molecule has 0 bridgehead atoms. The summed E-state index contributed by atoms with van der Waals surface area (Å²) in [7, 11) is 6.57.